The van der Waals surface area contributed by atoms with Crippen LogP contribution in [0.5, 0.6) is 0 Å². The fourth-order valence-electron chi connectivity index (χ4n) is 1.08. The summed E-state index contributed by atoms with van der Waals surface area (Å²) in [4.78, 5) is 0. The molecule has 0 rings (SSSR count). The zero-order valence-electron chi connectivity index (χ0n) is 8.78. The van der Waals surface area contributed by atoms with Crippen LogP contribution in [0.3, 0.4) is 0 Å². The molecule has 0 aromatic rings. The summed E-state index contributed by atoms with van der Waals surface area (Å²) in [6.45, 7) is 8.59. The van der Waals surface area contributed by atoms with Crippen molar-refractivity contribution in [2.75, 3.05) is 0 Å². The maximum atomic E-state index is 5.73. The van der Waals surface area contributed by atoms with Crippen molar-refractivity contribution in [2.45, 2.75) is 47.0 Å². The zero-order valence-corrected chi connectivity index (χ0v) is 8.78. The van der Waals surface area contributed by atoms with Gasteiger partial charge in [-0.05, 0) is 32.8 Å². The van der Waals surface area contributed by atoms with Gasteiger partial charge in [-0.25, -0.2) is 0 Å². The third kappa shape index (κ3) is 4.22. The molecule has 1 nitrogen and oxygen atoms in total. The van der Waals surface area contributed by atoms with Gasteiger partial charge in [0.2, 0.25) is 0 Å². The first-order chi connectivity index (χ1) is 5.61. The lowest BCUT2D eigenvalue weighted by Crippen LogP contribution is -1.95. The van der Waals surface area contributed by atoms with Crippen LogP contribution in [0.2, 0.25) is 0 Å². The first-order valence-electron chi connectivity index (χ1n) is 4.74. The largest absolute Gasteiger partial charge is 0.402 e. The molecule has 0 fully saturated rings. The van der Waals surface area contributed by atoms with Gasteiger partial charge in [0.05, 0.1) is 0 Å². The molecule has 1 heteroatoms. The molecule has 0 heterocycles. The summed E-state index contributed by atoms with van der Waals surface area (Å²) in [5, 5.41) is 0. The van der Waals surface area contributed by atoms with Crippen LogP contribution in [-0.2, 0) is 0 Å². The second-order valence-corrected chi connectivity index (χ2v) is 3.29. The molecule has 0 amide bonds. The predicted octanol–water partition coefficient (Wildman–Crippen LogP) is 3.38. The van der Waals surface area contributed by atoms with Crippen molar-refractivity contribution in [1.82, 2.24) is 0 Å². The van der Waals surface area contributed by atoms with E-state index in [9.17, 15) is 0 Å². The van der Waals surface area contributed by atoms with Crippen molar-refractivity contribution in [2.24, 2.45) is 5.73 Å². The Bertz CT molecular complexity index is 187. The third-order valence-electron chi connectivity index (χ3n) is 2.11. The molecule has 0 saturated heterocycles. The normalized spacial score (nSPS) is 14.5. The van der Waals surface area contributed by atoms with Gasteiger partial charge in [0.15, 0.2) is 0 Å². The van der Waals surface area contributed by atoms with Crippen molar-refractivity contribution >= 4 is 0 Å². The molecule has 70 valence electrons. The van der Waals surface area contributed by atoms with E-state index in [-0.39, 0.29) is 0 Å². The molecule has 0 aliphatic carbocycles. The Kier molecular flexibility index (Phi) is 5.52. The van der Waals surface area contributed by atoms with Crippen LogP contribution in [0.25, 0.3) is 0 Å². The molecule has 0 aromatic carbocycles. The van der Waals surface area contributed by atoms with Crippen LogP contribution < -0.4 is 5.73 Å². The molecule has 12 heavy (non-hydrogen) atoms. The van der Waals surface area contributed by atoms with E-state index >= 15 is 0 Å². The SMILES string of the molecule is CCC/C(C)=C(C)/C=C(/N)CC. The van der Waals surface area contributed by atoms with Gasteiger partial charge in [0.25, 0.3) is 0 Å². The highest BCUT2D eigenvalue weighted by Crippen LogP contribution is 2.12. The Morgan fingerprint density at radius 3 is 2.25 bits per heavy atom. The average molecular weight is 167 g/mol. The quantitative estimate of drug-likeness (QED) is 0.638. The summed E-state index contributed by atoms with van der Waals surface area (Å²) in [6, 6.07) is 0. The van der Waals surface area contributed by atoms with Crippen molar-refractivity contribution in [3.8, 4) is 0 Å². The average Bonchev–Trinajstić information content (AvgIpc) is 2.04. The molecular formula is C11H21N. The monoisotopic (exact) mass is 167 g/mol. The molecule has 0 spiro atoms. The van der Waals surface area contributed by atoms with E-state index in [0.29, 0.717) is 0 Å². The van der Waals surface area contributed by atoms with Crippen molar-refractivity contribution in [3.05, 3.63) is 22.9 Å². The summed E-state index contributed by atoms with van der Waals surface area (Å²) in [5.74, 6) is 0. The molecule has 0 radical (unpaired) electrons. The molecule has 0 saturated carbocycles. The second kappa shape index (κ2) is 5.87. The number of hydrogen-bond acceptors (Lipinski definition) is 1. The van der Waals surface area contributed by atoms with Gasteiger partial charge in [-0.3, -0.25) is 0 Å². The van der Waals surface area contributed by atoms with E-state index in [0.717, 1.165) is 12.1 Å². The molecular weight excluding hydrogens is 146 g/mol. The Labute approximate surface area is 76.3 Å². The first-order valence-corrected chi connectivity index (χ1v) is 4.74. The number of nitrogens with two attached hydrogens (primary N) is 1. The Hall–Kier alpha value is -0.720. The van der Waals surface area contributed by atoms with E-state index in [4.69, 9.17) is 5.73 Å². The molecule has 0 bridgehead atoms. The fraction of sp³-hybridized carbons (Fsp3) is 0.636. The predicted molar refractivity (Wildman–Crippen MR) is 55.8 cm³/mol. The van der Waals surface area contributed by atoms with Crippen molar-refractivity contribution in [3.63, 3.8) is 0 Å². The van der Waals surface area contributed by atoms with E-state index in [2.05, 4.69) is 33.8 Å². The minimum atomic E-state index is 0.941. The minimum Gasteiger partial charge on any atom is -0.402 e. The van der Waals surface area contributed by atoms with Gasteiger partial charge < -0.3 is 5.73 Å². The van der Waals surface area contributed by atoms with Gasteiger partial charge >= 0.3 is 0 Å². The van der Waals surface area contributed by atoms with Gasteiger partial charge in [-0.2, -0.15) is 0 Å². The topological polar surface area (TPSA) is 26.0 Å². The van der Waals surface area contributed by atoms with Gasteiger partial charge in [0.1, 0.15) is 0 Å². The Balaban J connectivity index is 4.34. The summed E-state index contributed by atoms with van der Waals surface area (Å²) < 4.78 is 0. The summed E-state index contributed by atoms with van der Waals surface area (Å²) >= 11 is 0. The molecule has 0 aromatic heterocycles. The van der Waals surface area contributed by atoms with Crippen LogP contribution >= 0.6 is 0 Å². The maximum absolute atomic E-state index is 5.73. The van der Waals surface area contributed by atoms with Crippen LogP contribution in [-0.4, -0.2) is 0 Å². The van der Waals surface area contributed by atoms with Crippen LogP contribution in [0.15, 0.2) is 22.9 Å². The standard InChI is InChI=1S/C11H21N/c1-5-7-9(3)10(4)8-11(12)6-2/h8H,5-7,12H2,1-4H3/b10-9+,11-8+. The molecule has 0 aliphatic heterocycles. The molecule has 2 N–H and O–H groups in total. The lowest BCUT2D eigenvalue weighted by Gasteiger charge is -2.03. The van der Waals surface area contributed by atoms with E-state index in [1.54, 1.807) is 0 Å². The maximum Gasteiger partial charge on any atom is 0.00803 e. The summed E-state index contributed by atoms with van der Waals surface area (Å²) in [6.07, 6.45) is 5.42. The van der Waals surface area contributed by atoms with Gasteiger partial charge in [0, 0.05) is 5.70 Å². The van der Waals surface area contributed by atoms with Crippen molar-refractivity contribution < 1.29 is 0 Å². The minimum absolute atomic E-state index is 0.941. The van der Waals surface area contributed by atoms with Crippen LogP contribution in [0.4, 0.5) is 0 Å². The van der Waals surface area contributed by atoms with Crippen molar-refractivity contribution in [1.29, 1.82) is 0 Å². The highest BCUT2D eigenvalue weighted by Gasteiger charge is 1.93. The van der Waals surface area contributed by atoms with Crippen LogP contribution in [0.1, 0.15) is 47.0 Å². The smallest absolute Gasteiger partial charge is 0.00803 e. The molecule has 0 atom stereocenters. The molecule has 0 unspecified atom stereocenters. The highest BCUT2D eigenvalue weighted by atomic mass is 14.6. The van der Waals surface area contributed by atoms with E-state index in [1.165, 1.54) is 24.0 Å². The lowest BCUT2D eigenvalue weighted by molar-refractivity contribution is 0.894. The van der Waals surface area contributed by atoms with Crippen LogP contribution in [0, 0.1) is 0 Å². The first kappa shape index (κ1) is 11.3. The molecule has 0 aliphatic rings. The Morgan fingerprint density at radius 2 is 1.83 bits per heavy atom. The number of hydrogen-bond donors (Lipinski definition) is 1. The van der Waals surface area contributed by atoms with E-state index < -0.39 is 0 Å². The highest BCUT2D eigenvalue weighted by molar-refractivity contribution is 5.25. The lowest BCUT2D eigenvalue weighted by atomic mass is 10.1. The van der Waals surface area contributed by atoms with Gasteiger partial charge in [-0.15, -0.1) is 0 Å². The van der Waals surface area contributed by atoms with Gasteiger partial charge in [-0.1, -0.05) is 31.4 Å². The fourth-order valence-corrected chi connectivity index (χ4v) is 1.08. The Morgan fingerprint density at radius 1 is 1.25 bits per heavy atom. The van der Waals surface area contributed by atoms with E-state index in [1.807, 2.05) is 0 Å². The number of allylic oxidation sites excluding steroid dienone is 4. The summed E-state index contributed by atoms with van der Waals surface area (Å²) in [7, 11) is 0. The number of rotatable bonds is 4. The second-order valence-electron chi connectivity index (χ2n) is 3.29. The summed E-state index contributed by atoms with van der Waals surface area (Å²) in [5.41, 5.74) is 9.49. The third-order valence-corrected chi connectivity index (χ3v) is 2.11. The zero-order chi connectivity index (χ0) is 9.56.